The van der Waals surface area contributed by atoms with Crippen molar-refractivity contribution in [2.45, 2.75) is 38.1 Å². The van der Waals surface area contributed by atoms with Crippen LogP contribution in [0.2, 0.25) is 0 Å². The molecule has 3 nitrogen and oxygen atoms in total. The van der Waals surface area contributed by atoms with Gasteiger partial charge in [-0.1, -0.05) is 30.3 Å². The van der Waals surface area contributed by atoms with Gasteiger partial charge >= 0.3 is 6.18 Å². The third-order valence-corrected chi connectivity index (χ3v) is 3.40. The molecule has 1 saturated heterocycles. The number of amides is 1. The minimum atomic E-state index is -4.17. The summed E-state index contributed by atoms with van der Waals surface area (Å²) in [6.07, 6.45) is -5.35. The zero-order valence-electron chi connectivity index (χ0n) is 11.2. The zero-order valence-corrected chi connectivity index (χ0v) is 11.2. The van der Waals surface area contributed by atoms with Crippen LogP contribution in [0.4, 0.5) is 13.2 Å². The third-order valence-electron chi connectivity index (χ3n) is 3.40. The molecule has 2 atom stereocenters. The summed E-state index contributed by atoms with van der Waals surface area (Å²) in [7, 11) is 0. The van der Waals surface area contributed by atoms with Crippen molar-refractivity contribution in [1.82, 2.24) is 10.2 Å². The predicted molar refractivity (Wildman–Crippen MR) is 68.8 cm³/mol. The summed E-state index contributed by atoms with van der Waals surface area (Å²) in [5.74, 6) is -0.161. The lowest BCUT2D eigenvalue weighted by Gasteiger charge is -2.20. The largest absolute Gasteiger partial charge is 0.389 e. The fourth-order valence-corrected chi connectivity index (χ4v) is 2.40. The summed E-state index contributed by atoms with van der Waals surface area (Å²) < 4.78 is 36.4. The Kier molecular flexibility index (Phi) is 4.32. The molecule has 1 fully saturated rings. The first-order valence-corrected chi connectivity index (χ1v) is 6.57. The SMILES string of the molecule is CC1NC(c2ccccc2)C(=O)N1CCCC(F)(F)F. The fourth-order valence-electron chi connectivity index (χ4n) is 2.40. The molecule has 0 aliphatic carbocycles. The molecule has 1 N–H and O–H groups in total. The molecule has 110 valence electrons. The molecule has 2 unspecified atom stereocenters. The van der Waals surface area contributed by atoms with Crippen molar-refractivity contribution in [2.75, 3.05) is 6.54 Å². The second kappa shape index (κ2) is 5.83. The van der Waals surface area contributed by atoms with E-state index >= 15 is 0 Å². The number of rotatable bonds is 4. The molecule has 0 aromatic heterocycles. The highest BCUT2D eigenvalue weighted by molar-refractivity contribution is 5.85. The molecule has 0 saturated carbocycles. The van der Waals surface area contributed by atoms with Gasteiger partial charge in [-0.2, -0.15) is 13.2 Å². The Bertz CT molecular complexity index is 461. The Hall–Kier alpha value is -1.56. The van der Waals surface area contributed by atoms with Crippen LogP contribution in [0.3, 0.4) is 0 Å². The van der Waals surface area contributed by atoms with Crippen molar-refractivity contribution in [1.29, 1.82) is 0 Å². The summed E-state index contributed by atoms with van der Waals surface area (Å²) in [5, 5.41) is 3.11. The zero-order chi connectivity index (χ0) is 14.8. The second-order valence-electron chi connectivity index (χ2n) is 4.94. The number of hydrogen-bond donors (Lipinski definition) is 1. The molecule has 1 aromatic carbocycles. The van der Waals surface area contributed by atoms with Crippen molar-refractivity contribution in [3.63, 3.8) is 0 Å². The molecule has 6 heteroatoms. The van der Waals surface area contributed by atoms with Crippen LogP contribution in [0.1, 0.15) is 31.4 Å². The Labute approximate surface area is 115 Å². The Morgan fingerprint density at radius 1 is 1.25 bits per heavy atom. The van der Waals surface area contributed by atoms with Gasteiger partial charge in [-0.15, -0.1) is 0 Å². The Morgan fingerprint density at radius 2 is 1.90 bits per heavy atom. The van der Waals surface area contributed by atoms with Gasteiger partial charge in [0.2, 0.25) is 5.91 Å². The number of nitrogens with zero attached hydrogens (tertiary/aromatic N) is 1. The van der Waals surface area contributed by atoms with Crippen LogP contribution in [0.15, 0.2) is 30.3 Å². The number of carbonyl (C=O) groups excluding carboxylic acids is 1. The smallest absolute Gasteiger partial charge is 0.326 e. The van der Waals surface area contributed by atoms with E-state index in [4.69, 9.17) is 0 Å². The fraction of sp³-hybridized carbons (Fsp3) is 0.500. The molecule has 1 heterocycles. The molecule has 0 bridgehead atoms. The van der Waals surface area contributed by atoms with Gasteiger partial charge in [-0.05, 0) is 18.9 Å². The highest BCUT2D eigenvalue weighted by Gasteiger charge is 2.37. The molecular weight excluding hydrogens is 269 g/mol. The van der Waals surface area contributed by atoms with Gasteiger partial charge < -0.3 is 4.90 Å². The van der Waals surface area contributed by atoms with Crippen LogP contribution in [0.25, 0.3) is 0 Å². The number of halogens is 3. The lowest BCUT2D eigenvalue weighted by atomic mass is 10.1. The van der Waals surface area contributed by atoms with Crippen LogP contribution < -0.4 is 5.32 Å². The average Bonchev–Trinajstić information content (AvgIpc) is 2.66. The van der Waals surface area contributed by atoms with E-state index in [1.807, 2.05) is 30.3 Å². The van der Waals surface area contributed by atoms with E-state index < -0.39 is 18.6 Å². The molecule has 1 aliphatic heterocycles. The van der Waals surface area contributed by atoms with Crippen LogP contribution >= 0.6 is 0 Å². The quantitative estimate of drug-likeness (QED) is 0.923. The normalized spacial score (nSPS) is 23.4. The van der Waals surface area contributed by atoms with Crippen LogP contribution in [-0.2, 0) is 4.79 Å². The topological polar surface area (TPSA) is 32.3 Å². The number of benzene rings is 1. The van der Waals surface area contributed by atoms with Crippen molar-refractivity contribution in [3.05, 3.63) is 35.9 Å². The molecule has 0 radical (unpaired) electrons. The third kappa shape index (κ3) is 3.50. The highest BCUT2D eigenvalue weighted by atomic mass is 19.4. The van der Waals surface area contributed by atoms with Gasteiger partial charge in [0.1, 0.15) is 6.04 Å². The van der Waals surface area contributed by atoms with E-state index in [9.17, 15) is 18.0 Å². The van der Waals surface area contributed by atoms with Gasteiger partial charge in [-0.3, -0.25) is 10.1 Å². The summed E-state index contributed by atoms with van der Waals surface area (Å²) in [6.45, 7) is 1.91. The summed E-state index contributed by atoms with van der Waals surface area (Å²) in [6, 6.07) is 8.73. The van der Waals surface area contributed by atoms with Gasteiger partial charge in [-0.25, -0.2) is 0 Å². The van der Waals surface area contributed by atoms with Crippen molar-refractivity contribution >= 4 is 5.91 Å². The standard InChI is InChI=1S/C14H17F3N2O/c1-10-18-12(11-6-3-2-4-7-11)13(20)19(10)9-5-8-14(15,16)17/h2-4,6-7,10,12,18H,5,8-9H2,1H3. The van der Waals surface area contributed by atoms with Crippen molar-refractivity contribution in [2.24, 2.45) is 0 Å². The lowest BCUT2D eigenvalue weighted by molar-refractivity contribution is -0.140. The molecule has 2 rings (SSSR count). The lowest BCUT2D eigenvalue weighted by Crippen LogP contribution is -2.35. The van der Waals surface area contributed by atoms with Gasteiger partial charge in [0.15, 0.2) is 0 Å². The van der Waals surface area contributed by atoms with E-state index in [1.54, 1.807) is 6.92 Å². The number of carbonyl (C=O) groups is 1. The van der Waals surface area contributed by atoms with Crippen LogP contribution in [0.5, 0.6) is 0 Å². The summed E-state index contributed by atoms with van der Waals surface area (Å²) >= 11 is 0. The first-order chi connectivity index (χ1) is 9.38. The minimum absolute atomic E-state index is 0.0667. The Balaban J connectivity index is 1.97. The van der Waals surface area contributed by atoms with Crippen molar-refractivity contribution < 1.29 is 18.0 Å². The highest BCUT2D eigenvalue weighted by Crippen LogP contribution is 2.26. The first kappa shape index (κ1) is 14.8. The molecule has 0 spiro atoms. The minimum Gasteiger partial charge on any atom is -0.326 e. The van der Waals surface area contributed by atoms with Crippen LogP contribution in [0, 0.1) is 0 Å². The van der Waals surface area contributed by atoms with Crippen molar-refractivity contribution in [3.8, 4) is 0 Å². The number of hydrogen-bond acceptors (Lipinski definition) is 2. The van der Waals surface area contributed by atoms with Gasteiger partial charge in [0, 0.05) is 13.0 Å². The maximum absolute atomic E-state index is 12.3. The molecule has 1 aromatic rings. The number of alkyl halides is 3. The summed E-state index contributed by atoms with van der Waals surface area (Å²) in [4.78, 5) is 13.7. The maximum atomic E-state index is 12.3. The van der Waals surface area contributed by atoms with E-state index in [2.05, 4.69) is 5.32 Å². The monoisotopic (exact) mass is 286 g/mol. The van der Waals surface area contributed by atoms with E-state index in [0.29, 0.717) is 0 Å². The van der Waals surface area contributed by atoms with E-state index in [0.717, 1.165) is 5.56 Å². The van der Waals surface area contributed by atoms with Gasteiger partial charge in [0.25, 0.3) is 0 Å². The molecular formula is C14H17F3N2O. The average molecular weight is 286 g/mol. The maximum Gasteiger partial charge on any atom is 0.389 e. The second-order valence-corrected chi connectivity index (χ2v) is 4.94. The predicted octanol–water partition coefficient (Wildman–Crippen LogP) is 2.85. The molecule has 1 amide bonds. The van der Waals surface area contributed by atoms with Gasteiger partial charge in [0.05, 0.1) is 6.17 Å². The summed E-state index contributed by atoms with van der Waals surface area (Å²) in [5.41, 5.74) is 0.836. The van der Waals surface area contributed by atoms with Crippen LogP contribution in [-0.4, -0.2) is 29.7 Å². The first-order valence-electron chi connectivity index (χ1n) is 6.57. The number of nitrogens with one attached hydrogen (secondary N) is 1. The molecule has 1 aliphatic rings. The van der Waals surface area contributed by atoms with E-state index in [-0.39, 0.29) is 25.0 Å². The Morgan fingerprint density at radius 3 is 2.50 bits per heavy atom. The molecule has 20 heavy (non-hydrogen) atoms. The van der Waals surface area contributed by atoms with E-state index in [1.165, 1.54) is 4.90 Å².